The van der Waals surface area contributed by atoms with Gasteiger partial charge in [0.2, 0.25) is 5.84 Å². The Labute approximate surface area is 160 Å². The first-order valence-corrected chi connectivity index (χ1v) is 8.08. The first kappa shape index (κ1) is 23.9. The normalized spacial score (nSPS) is 45.8. The third kappa shape index (κ3) is 5.04. The van der Waals surface area contributed by atoms with Gasteiger partial charge in [-0.2, -0.15) is 0 Å². The van der Waals surface area contributed by atoms with E-state index in [-0.39, 0.29) is 18.8 Å². The lowest BCUT2D eigenvalue weighted by Crippen LogP contribution is -2.66. The third-order valence-electron chi connectivity index (χ3n) is 4.64. The van der Waals surface area contributed by atoms with Crippen LogP contribution in [0.2, 0.25) is 0 Å². The zero-order valence-corrected chi connectivity index (χ0v) is 15.2. The predicted octanol–water partition coefficient (Wildman–Crippen LogP) is -4.12. The van der Waals surface area contributed by atoms with Crippen molar-refractivity contribution in [2.24, 2.45) is 16.5 Å². The van der Waals surface area contributed by atoms with E-state index in [0.717, 1.165) is 0 Å². The minimum atomic E-state index is -1.74. The molecule has 1 aliphatic carbocycles. The van der Waals surface area contributed by atoms with E-state index in [4.69, 9.17) is 26.0 Å². The number of aliphatic hydroxyl groups is 5. The fraction of sp³-hybridized carbons (Fsp3) is 0.857. The van der Waals surface area contributed by atoms with Gasteiger partial charge in [-0.05, 0) is 13.3 Å². The summed E-state index contributed by atoms with van der Waals surface area (Å²) in [4.78, 5) is 14.6. The van der Waals surface area contributed by atoms with Crippen LogP contribution in [0.25, 0.3) is 0 Å². The summed E-state index contributed by atoms with van der Waals surface area (Å²) in [6.07, 6.45) is -11.7. The number of halogens is 1. The second-order valence-electron chi connectivity index (χ2n) is 6.55. The second-order valence-corrected chi connectivity index (χ2v) is 6.55. The molecule has 0 amide bonds. The summed E-state index contributed by atoms with van der Waals surface area (Å²) >= 11 is 0. The number of rotatable bonds is 3. The molecule has 13 heteroatoms. The number of nitrogens with zero attached hydrogens (tertiary/aromatic N) is 1. The molecule has 0 aromatic heterocycles. The molecular formula is C14H26ClN3O9. The lowest BCUT2D eigenvalue weighted by atomic mass is 9.84. The van der Waals surface area contributed by atoms with Gasteiger partial charge >= 0.3 is 5.97 Å². The van der Waals surface area contributed by atoms with Crippen LogP contribution in [0.4, 0.5) is 0 Å². The highest BCUT2D eigenvalue weighted by molar-refractivity contribution is 6.33. The van der Waals surface area contributed by atoms with Gasteiger partial charge in [0.25, 0.3) is 0 Å². The van der Waals surface area contributed by atoms with Gasteiger partial charge in [-0.25, -0.2) is 4.79 Å². The summed E-state index contributed by atoms with van der Waals surface area (Å²) in [6.45, 7) is 1.59. The molecule has 2 unspecified atom stereocenters. The Morgan fingerprint density at radius 1 is 1.07 bits per heavy atom. The van der Waals surface area contributed by atoms with Crippen molar-refractivity contribution in [1.82, 2.24) is 0 Å². The van der Waals surface area contributed by atoms with Gasteiger partial charge in [-0.3, -0.25) is 4.99 Å². The first-order chi connectivity index (χ1) is 12.0. The number of aliphatic carboxylic acids is 1. The molecule has 0 spiro atoms. The number of hydrogen-bond acceptors (Lipinski definition) is 10. The number of hydrogen-bond donors (Lipinski definition) is 8. The number of ether oxygens (including phenoxy) is 2. The molecule has 1 saturated heterocycles. The maximum absolute atomic E-state index is 10.8. The van der Waals surface area contributed by atoms with Crippen molar-refractivity contribution in [3.63, 3.8) is 0 Å². The van der Waals surface area contributed by atoms with Gasteiger partial charge in [0.1, 0.15) is 36.6 Å². The molecular weight excluding hydrogens is 390 g/mol. The molecule has 1 saturated carbocycles. The molecule has 0 radical (unpaired) electrons. The Bertz CT molecular complexity index is 538. The molecule has 10 N–H and O–H groups in total. The van der Waals surface area contributed by atoms with Crippen molar-refractivity contribution in [3.05, 3.63) is 0 Å². The highest BCUT2D eigenvalue weighted by Gasteiger charge is 2.50. The molecule has 0 bridgehead atoms. The topological polar surface area (TPSA) is 221 Å². The fourth-order valence-corrected chi connectivity index (χ4v) is 3.02. The van der Waals surface area contributed by atoms with Crippen LogP contribution in [-0.2, 0) is 14.3 Å². The second kappa shape index (κ2) is 9.41. The Morgan fingerprint density at radius 3 is 2.04 bits per heavy atom. The molecule has 12 nitrogen and oxygen atoms in total. The number of aliphatic imine (C=N–C) groups is 1. The number of carbonyl (C=O) groups is 1. The number of amidine groups is 1. The molecule has 2 rings (SSSR count). The summed E-state index contributed by atoms with van der Waals surface area (Å²) < 4.78 is 11.0. The van der Waals surface area contributed by atoms with E-state index in [1.165, 1.54) is 0 Å². The minimum absolute atomic E-state index is 0. The molecule has 2 aliphatic rings. The largest absolute Gasteiger partial charge is 0.475 e. The van der Waals surface area contributed by atoms with Crippen molar-refractivity contribution >= 4 is 24.2 Å². The SMILES string of the molecule is C[C@H]1O[C@H](OC2[C@@H](O)[C@H](O)C(O)[C@@H](O)[C@H]2O)[C@@H](N)C[C@@H]1N=C(N)C(=O)O.Cl. The van der Waals surface area contributed by atoms with Gasteiger partial charge < -0.3 is 51.6 Å². The zero-order valence-electron chi connectivity index (χ0n) is 14.4. The highest BCUT2D eigenvalue weighted by atomic mass is 35.5. The maximum Gasteiger partial charge on any atom is 0.370 e. The van der Waals surface area contributed by atoms with Crippen molar-refractivity contribution in [3.8, 4) is 0 Å². The maximum atomic E-state index is 10.8. The lowest BCUT2D eigenvalue weighted by Gasteiger charge is -2.45. The van der Waals surface area contributed by atoms with Crippen molar-refractivity contribution in [1.29, 1.82) is 0 Å². The third-order valence-corrected chi connectivity index (χ3v) is 4.64. The Morgan fingerprint density at radius 2 is 1.56 bits per heavy atom. The molecule has 2 fully saturated rings. The predicted molar refractivity (Wildman–Crippen MR) is 92.1 cm³/mol. The molecule has 0 aromatic rings. The van der Waals surface area contributed by atoms with E-state index in [9.17, 15) is 30.3 Å². The van der Waals surface area contributed by atoms with E-state index in [0.29, 0.717) is 0 Å². The summed E-state index contributed by atoms with van der Waals surface area (Å²) in [6, 6.07) is -1.46. The summed E-state index contributed by atoms with van der Waals surface area (Å²) in [5.74, 6) is -1.96. The van der Waals surface area contributed by atoms with Crippen molar-refractivity contribution in [2.75, 3.05) is 0 Å². The van der Waals surface area contributed by atoms with Crippen LogP contribution in [0.15, 0.2) is 4.99 Å². The van der Waals surface area contributed by atoms with Crippen LogP contribution in [0.5, 0.6) is 0 Å². The first-order valence-electron chi connectivity index (χ1n) is 8.08. The lowest BCUT2D eigenvalue weighted by molar-refractivity contribution is -0.293. The number of nitrogens with two attached hydrogens (primary N) is 2. The molecule has 0 aromatic carbocycles. The Balaban J connectivity index is 0.00000364. The van der Waals surface area contributed by atoms with Crippen LogP contribution in [0.3, 0.4) is 0 Å². The van der Waals surface area contributed by atoms with E-state index in [1.54, 1.807) is 6.92 Å². The van der Waals surface area contributed by atoms with Gasteiger partial charge in [0, 0.05) is 0 Å². The van der Waals surface area contributed by atoms with Crippen LogP contribution < -0.4 is 11.5 Å². The highest BCUT2D eigenvalue weighted by Crippen LogP contribution is 2.29. The number of carboxylic acids is 1. The van der Waals surface area contributed by atoms with Gasteiger partial charge in [0.15, 0.2) is 6.29 Å². The van der Waals surface area contributed by atoms with Crippen LogP contribution in [0, 0.1) is 0 Å². The van der Waals surface area contributed by atoms with Gasteiger partial charge in [0.05, 0.1) is 18.2 Å². The number of aliphatic hydroxyl groups excluding tert-OH is 5. The quantitative estimate of drug-likeness (QED) is 0.163. The molecule has 1 aliphatic heterocycles. The Hall–Kier alpha value is -1.09. The van der Waals surface area contributed by atoms with E-state index in [2.05, 4.69) is 4.99 Å². The molecule has 158 valence electrons. The summed E-state index contributed by atoms with van der Waals surface area (Å²) in [5, 5.41) is 57.8. The van der Waals surface area contributed by atoms with Gasteiger partial charge in [-0.15, -0.1) is 12.4 Å². The minimum Gasteiger partial charge on any atom is -0.475 e. The van der Waals surface area contributed by atoms with Crippen molar-refractivity contribution < 1.29 is 44.9 Å². The van der Waals surface area contributed by atoms with E-state index >= 15 is 0 Å². The van der Waals surface area contributed by atoms with Crippen LogP contribution in [-0.4, -0.2) is 104 Å². The van der Waals surface area contributed by atoms with E-state index in [1.807, 2.05) is 0 Å². The molecule has 10 atom stereocenters. The average molecular weight is 416 g/mol. The summed E-state index contributed by atoms with van der Waals surface area (Å²) in [7, 11) is 0. The van der Waals surface area contributed by atoms with Crippen molar-refractivity contribution in [2.45, 2.75) is 74.4 Å². The Kier molecular flexibility index (Phi) is 8.34. The smallest absolute Gasteiger partial charge is 0.370 e. The summed E-state index contributed by atoms with van der Waals surface area (Å²) in [5.41, 5.74) is 11.2. The van der Waals surface area contributed by atoms with Crippen LogP contribution >= 0.6 is 12.4 Å². The zero-order chi connectivity index (χ0) is 19.8. The molecule has 27 heavy (non-hydrogen) atoms. The van der Waals surface area contributed by atoms with E-state index < -0.39 is 72.9 Å². The van der Waals surface area contributed by atoms with Crippen LogP contribution in [0.1, 0.15) is 13.3 Å². The van der Waals surface area contributed by atoms with Gasteiger partial charge in [-0.1, -0.05) is 0 Å². The standard InChI is InChI=1S/C14H25N3O9.ClH/c1-3-5(17-12(16)13(23)24)2-4(15)14(25-3)26-11-9(21)7(19)6(18)8(20)10(11)22;/h3-11,14,18-22H,2,15H2,1H3,(H2,16,17)(H,23,24);1H/t3-,4+,5+,6?,7-,8-,9-,10+,11?,14-;/m1./s1. The number of carboxylic acid groups (broad SMARTS) is 1. The fourth-order valence-electron chi connectivity index (χ4n) is 3.02. The monoisotopic (exact) mass is 415 g/mol. The molecule has 1 heterocycles. The average Bonchev–Trinajstić information content (AvgIpc) is 2.58.